The summed E-state index contributed by atoms with van der Waals surface area (Å²) in [5.41, 5.74) is -1.39. The maximum Gasteiger partial charge on any atom is 0.290 e. The molecule has 0 saturated carbocycles. The molecule has 1 aliphatic heterocycles. The number of nitrogens with one attached hydrogen (secondary N) is 1. The van der Waals surface area contributed by atoms with Gasteiger partial charge in [-0.2, -0.15) is 8.42 Å². The van der Waals surface area contributed by atoms with Crippen LogP contribution < -0.4 is 10.5 Å². The number of sulfonamides is 2. The first-order chi connectivity index (χ1) is 8.97. The third-order valence-corrected chi connectivity index (χ3v) is 4.65. The Bertz CT molecular complexity index is 862. The second-order valence-electron chi connectivity index (χ2n) is 3.81. The van der Waals surface area contributed by atoms with Crippen molar-refractivity contribution < 1.29 is 30.0 Å². The Morgan fingerprint density at radius 1 is 1.15 bits per heavy atom. The molecular formula is C8H6F3N3O4S2. The average molecular weight is 329 g/mol. The Kier molecular flexibility index (Phi) is 3.07. The normalized spacial score (nSPS) is 17.1. The molecule has 0 bridgehead atoms. The zero-order valence-electron chi connectivity index (χ0n) is 9.61. The van der Waals surface area contributed by atoms with Crippen LogP contribution in [0.25, 0.3) is 0 Å². The molecule has 3 N–H and O–H groups in total. The van der Waals surface area contributed by atoms with Gasteiger partial charge in [0.05, 0.1) is 5.69 Å². The first-order valence-corrected chi connectivity index (χ1v) is 7.77. The lowest BCUT2D eigenvalue weighted by atomic mass is 10.1. The van der Waals surface area contributed by atoms with Crippen molar-refractivity contribution >= 4 is 30.9 Å². The fourth-order valence-corrected chi connectivity index (χ4v) is 3.64. The number of halogens is 3. The van der Waals surface area contributed by atoms with Crippen LogP contribution in [-0.4, -0.2) is 22.0 Å². The van der Waals surface area contributed by atoms with Crippen LogP contribution in [0.1, 0.15) is 5.56 Å². The Morgan fingerprint density at radius 3 is 2.20 bits per heavy atom. The van der Waals surface area contributed by atoms with Gasteiger partial charge in [0.25, 0.3) is 25.2 Å². The highest BCUT2D eigenvalue weighted by Gasteiger charge is 2.37. The molecule has 1 heterocycles. The van der Waals surface area contributed by atoms with E-state index in [1.165, 1.54) is 0 Å². The van der Waals surface area contributed by atoms with Crippen molar-refractivity contribution in [2.75, 3.05) is 5.32 Å². The van der Waals surface area contributed by atoms with Crippen molar-refractivity contribution in [1.82, 2.24) is 0 Å². The van der Waals surface area contributed by atoms with Gasteiger partial charge < -0.3 is 5.32 Å². The predicted octanol–water partition coefficient (Wildman–Crippen LogP) is 0.171. The van der Waals surface area contributed by atoms with E-state index in [9.17, 15) is 30.0 Å². The van der Waals surface area contributed by atoms with Gasteiger partial charge in [-0.15, -0.1) is 4.40 Å². The fraction of sp³-hybridized carbons (Fsp3) is 0.125. The number of hydrogen-bond acceptors (Lipinski definition) is 5. The first-order valence-electron chi connectivity index (χ1n) is 4.78. The van der Waals surface area contributed by atoms with E-state index >= 15 is 0 Å². The second-order valence-corrected chi connectivity index (χ2v) is 6.83. The molecule has 0 aromatic heterocycles. The number of hydrogen-bond donors (Lipinski definition) is 2. The zero-order valence-corrected chi connectivity index (χ0v) is 11.2. The van der Waals surface area contributed by atoms with E-state index in [2.05, 4.69) is 4.40 Å². The molecule has 12 heteroatoms. The van der Waals surface area contributed by atoms with Crippen LogP contribution in [0, 0.1) is 24.4 Å². The van der Waals surface area contributed by atoms with E-state index in [-0.39, 0.29) is 0 Å². The van der Waals surface area contributed by atoms with Crippen molar-refractivity contribution in [3.63, 3.8) is 0 Å². The highest BCUT2D eigenvalue weighted by Crippen LogP contribution is 2.36. The Morgan fingerprint density at radius 2 is 1.70 bits per heavy atom. The van der Waals surface area contributed by atoms with Crippen LogP contribution in [0.2, 0.25) is 0 Å². The SMILES string of the molecule is Cc1c(F)c(F)c(F)c2c1NC(S(N)(=O)=O)=NS2(=O)=O. The van der Waals surface area contributed by atoms with Gasteiger partial charge in [0.1, 0.15) is 0 Å². The quantitative estimate of drug-likeness (QED) is 0.658. The van der Waals surface area contributed by atoms with E-state index in [0.29, 0.717) is 0 Å². The lowest BCUT2D eigenvalue weighted by molar-refractivity contribution is 0.430. The third-order valence-electron chi connectivity index (χ3n) is 2.48. The number of rotatable bonds is 0. The average Bonchev–Trinajstić information content (AvgIpc) is 2.30. The van der Waals surface area contributed by atoms with Gasteiger partial charge in [-0.25, -0.2) is 26.7 Å². The van der Waals surface area contributed by atoms with Crippen LogP contribution in [0.5, 0.6) is 0 Å². The highest BCUT2D eigenvalue weighted by atomic mass is 32.2. The molecule has 2 rings (SSSR count). The number of anilines is 1. The Hall–Kier alpha value is -1.66. The summed E-state index contributed by atoms with van der Waals surface area (Å²) in [6.45, 7) is 0.936. The summed E-state index contributed by atoms with van der Waals surface area (Å²) in [5.74, 6) is -5.65. The number of nitrogens with two attached hydrogens (primary N) is 1. The van der Waals surface area contributed by atoms with E-state index in [1.807, 2.05) is 5.32 Å². The molecule has 0 aliphatic carbocycles. The molecule has 0 radical (unpaired) electrons. The van der Waals surface area contributed by atoms with Crippen LogP contribution in [0.3, 0.4) is 0 Å². The van der Waals surface area contributed by atoms with E-state index in [0.717, 1.165) is 6.92 Å². The van der Waals surface area contributed by atoms with Crippen molar-refractivity contribution in [2.24, 2.45) is 9.54 Å². The molecule has 1 aliphatic rings. The van der Waals surface area contributed by atoms with Crippen molar-refractivity contribution in [2.45, 2.75) is 11.8 Å². The van der Waals surface area contributed by atoms with Crippen LogP contribution >= 0.6 is 0 Å². The number of fused-ring (bicyclic) bond motifs is 1. The smallest absolute Gasteiger partial charge is 0.290 e. The minimum absolute atomic E-state index is 0.626. The summed E-state index contributed by atoms with van der Waals surface area (Å²) in [5, 5.41) is 5.37. The topological polar surface area (TPSA) is 119 Å². The lowest BCUT2D eigenvalue weighted by Crippen LogP contribution is -2.35. The van der Waals surface area contributed by atoms with Gasteiger partial charge >= 0.3 is 0 Å². The fourth-order valence-electron chi connectivity index (χ4n) is 1.55. The van der Waals surface area contributed by atoms with Gasteiger partial charge in [0.15, 0.2) is 22.3 Å². The minimum Gasteiger partial charge on any atom is -0.327 e. The third kappa shape index (κ3) is 2.05. The van der Waals surface area contributed by atoms with Gasteiger partial charge in [-0.3, -0.25) is 0 Å². The van der Waals surface area contributed by atoms with Gasteiger partial charge in [-0.1, -0.05) is 0 Å². The first kappa shape index (κ1) is 14.7. The molecule has 0 spiro atoms. The van der Waals surface area contributed by atoms with E-state index in [4.69, 9.17) is 5.14 Å². The molecule has 1 aromatic carbocycles. The maximum absolute atomic E-state index is 13.6. The standard InChI is InChI=1S/C8H6F3N3O4S2/c1-2-3(9)4(10)5(11)7-6(2)13-8(19(12,15)16)14-20(7,17)18/h1H3,(H,13,14)(H2,12,15,16). The monoisotopic (exact) mass is 329 g/mol. The summed E-state index contributed by atoms with van der Waals surface area (Å²) in [7, 11) is -9.45. The predicted molar refractivity (Wildman–Crippen MR) is 62.4 cm³/mol. The van der Waals surface area contributed by atoms with E-state index in [1.54, 1.807) is 0 Å². The summed E-state index contributed by atoms with van der Waals surface area (Å²) in [6.07, 6.45) is 0. The molecule has 20 heavy (non-hydrogen) atoms. The Balaban J connectivity index is 2.92. The molecule has 7 nitrogen and oxygen atoms in total. The zero-order chi connectivity index (χ0) is 15.5. The molecule has 110 valence electrons. The van der Waals surface area contributed by atoms with Crippen molar-refractivity contribution in [3.8, 4) is 0 Å². The second kappa shape index (κ2) is 4.17. The maximum atomic E-state index is 13.6. The lowest BCUT2D eigenvalue weighted by Gasteiger charge is -2.20. The van der Waals surface area contributed by atoms with Crippen LogP contribution in [0.4, 0.5) is 18.9 Å². The minimum atomic E-state index is -4.88. The summed E-state index contributed by atoms with van der Waals surface area (Å²) >= 11 is 0. The van der Waals surface area contributed by atoms with Crippen LogP contribution in [0.15, 0.2) is 9.29 Å². The molecule has 0 fully saturated rings. The summed E-state index contributed by atoms with van der Waals surface area (Å²) < 4.78 is 88.5. The summed E-state index contributed by atoms with van der Waals surface area (Å²) in [4.78, 5) is -1.28. The molecule has 0 atom stereocenters. The molecule has 0 saturated heterocycles. The van der Waals surface area contributed by atoms with E-state index < -0.39 is 58.8 Å². The van der Waals surface area contributed by atoms with Gasteiger partial charge in [0, 0.05) is 5.56 Å². The highest BCUT2D eigenvalue weighted by molar-refractivity contribution is 8.06. The Labute approximate surface area is 111 Å². The molecular weight excluding hydrogens is 323 g/mol. The number of benzene rings is 1. The molecule has 1 aromatic rings. The number of amidine groups is 1. The number of primary sulfonamides is 1. The number of nitrogens with zero attached hydrogens (tertiary/aromatic N) is 1. The molecule has 0 unspecified atom stereocenters. The van der Waals surface area contributed by atoms with Crippen molar-refractivity contribution in [1.29, 1.82) is 0 Å². The van der Waals surface area contributed by atoms with Crippen LogP contribution in [-0.2, 0) is 20.0 Å². The van der Waals surface area contributed by atoms with Gasteiger partial charge in [-0.05, 0) is 6.92 Å². The summed E-state index contributed by atoms with van der Waals surface area (Å²) in [6, 6.07) is 0. The molecule has 0 amide bonds. The van der Waals surface area contributed by atoms with Crippen molar-refractivity contribution in [3.05, 3.63) is 23.0 Å². The largest absolute Gasteiger partial charge is 0.327 e. The van der Waals surface area contributed by atoms with Gasteiger partial charge in [0.2, 0.25) is 0 Å².